The van der Waals surface area contributed by atoms with Crippen molar-refractivity contribution in [3.05, 3.63) is 85.5 Å². The number of rotatable bonds is 2. The maximum Gasteiger partial charge on any atom is 0.0994 e. The van der Waals surface area contributed by atoms with Crippen LogP contribution < -0.4 is 26.8 Å². The fourth-order valence-electron chi connectivity index (χ4n) is 8.04. The highest BCUT2D eigenvalue weighted by Gasteiger charge is 2.37. The lowest BCUT2D eigenvalue weighted by Gasteiger charge is -2.45. The van der Waals surface area contributed by atoms with Gasteiger partial charge < -0.3 is 31.3 Å². The molecule has 5 nitrogen and oxygen atoms in total. The summed E-state index contributed by atoms with van der Waals surface area (Å²) in [5.41, 5.74) is 5.22. The molecule has 2 aromatic heterocycles. The highest BCUT2D eigenvalue weighted by Crippen LogP contribution is 2.51. The first-order valence-corrected chi connectivity index (χ1v) is 19.5. The van der Waals surface area contributed by atoms with E-state index in [1.807, 2.05) is 35.9 Å². The van der Waals surface area contributed by atoms with Gasteiger partial charge >= 0.3 is 0 Å². The number of fused-ring (bicyclic) bond motifs is 4. The van der Waals surface area contributed by atoms with Crippen LogP contribution in [0.5, 0.6) is 0 Å². The summed E-state index contributed by atoms with van der Waals surface area (Å²) >= 11 is 3.78. The van der Waals surface area contributed by atoms with Gasteiger partial charge in [0.05, 0.1) is 74.4 Å². The third-order valence-corrected chi connectivity index (χ3v) is 12.5. The fourth-order valence-corrected chi connectivity index (χ4v) is 10.1. The Kier molecular flexibility index (Phi) is 12.1. The largest absolute Gasteiger partial charge is 1.00 e. The van der Waals surface area contributed by atoms with E-state index in [4.69, 9.17) is 0 Å². The molecule has 4 aromatic rings. The van der Waals surface area contributed by atoms with Gasteiger partial charge in [0.1, 0.15) is 0 Å². The molecule has 2 aromatic carbocycles. The summed E-state index contributed by atoms with van der Waals surface area (Å²) in [6.07, 6.45) is 23.9. The normalized spacial score (nSPS) is 21.8. The number of para-hydroxylation sites is 2. The van der Waals surface area contributed by atoms with Crippen molar-refractivity contribution in [2.45, 2.75) is 109 Å². The molecule has 1 saturated heterocycles. The Bertz CT molecular complexity index is 1440. The number of benzene rings is 2. The van der Waals surface area contributed by atoms with Crippen LogP contribution in [-0.2, 0) is 0 Å². The summed E-state index contributed by atoms with van der Waals surface area (Å²) in [7, 11) is 4.97. The minimum atomic E-state index is 0. The summed E-state index contributed by atoms with van der Waals surface area (Å²) in [6.45, 7) is 2.15. The van der Waals surface area contributed by atoms with Gasteiger partial charge in [-0.25, -0.2) is 0 Å². The van der Waals surface area contributed by atoms with Gasteiger partial charge in [-0.15, -0.1) is 0 Å². The molecule has 3 aliphatic heterocycles. The first-order chi connectivity index (χ1) is 23.1. The molecule has 0 aliphatic carbocycles. The van der Waals surface area contributed by atoms with E-state index in [0.29, 0.717) is 12.1 Å². The molecule has 7 rings (SSSR count). The summed E-state index contributed by atoms with van der Waals surface area (Å²) in [6, 6.07) is 23.2. The number of pyridine rings is 2. The van der Waals surface area contributed by atoms with Crippen molar-refractivity contribution in [3.8, 4) is 0 Å². The molecule has 48 heavy (non-hydrogen) atoms. The predicted octanol–water partition coefficient (Wildman–Crippen LogP) is 7.89. The fraction of sp³-hybridized carbons (Fsp3) is 0.450. The predicted molar refractivity (Wildman–Crippen MR) is 199 cm³/mol. The van der Waals surface area contributed by atoms with Crippen LogP contribution >= 0.6 is 23.5 Å². The number of hydrogen-bond donors (Lipinski definition) is 0. The highest BCUT2D eigenvalue weighted by atomic mass is 79.9. The first kappa shape index (κ1) is 35.3. The molecular weight excluding hydrogens is 695 g/mol. The van der Waals surface area contributed by atoms with Gasteiger partial charge in [-0.3, -0.25) is 9.97 Å². The minimum absolute atomic E-state index is 0. The van der Waals surface area contributed by atoms with Gasteiger partial charge in [0.2, 0.25) is 0 Å². The number of anilines is 4. The Morgan fingerprint density at radius 2 is 0.896 bits per heavy atom. The lowest BCUT2D eigenvalue weighted by molar-refractivity contribution is -0.891. The number of aromatic nitrogens is 2. The van der Waals surface area contributed by atoms with Gasteiger partial charge in [0.25, 0.3) is 0 Å². The number of likely N-dealkylation sites (N-methyl/N-ethyl adjacent to an activating group) is 1. The molecule has 254 valence electrons. The van der Waals surface area contributed by atoms with E-state index in [-0.39, 0.29) is 17.0 Å². The molecule has 0 N–H and O–H groups in total. The molecule has 3 aliphatic rings. The molecule has 0 bridgehead atoms. The Balaban J connectivity index is 0.00000401. The Morgan fingerprint density at radius 1 is 0.521 bits per heavy atom. The zero-order valence-corrected chi connectivity index (χ0v) is 31.8. The molecule has 2 atom stereocenters. The van der Waals surface area contributed by atoms with Crippen LogP contribution in [0.2, 0.25) is 0 Å². The van der Waals surface area contributed by atoms with Gasteiger partial charge in [-0.1, -0.05) is 112 Å². The maximum absolute atomic E-state index is 4.65. The standard InChI is InChI=1S/C40H50N5S2.BrH/c1-45(2)29-31(43-33-19-13-15-21-37(33)46-39-23-25-41-27-35(39)43)17-11-9-7-5-3-4-6-8-10-12-18-32(30-45)44-34-20-14-16-22-38(34)47-40-24-26-42-28-36(40)44;/h13-16,19-28,31-32H,3-12,17-18,29-30H2,1-2H3;1H/q+1;/p-1. The molecule has 0 saturated carbocycles. The number of hydrogen-bond acceptors (Lipinski definition) is 6. The number of nitrogens with zero attached hydrogens (tertiary/aromatic N) is 5. The zero-order chi connectivity index (χ0) is 32.1. The summed E-state index contributed by atoms with van der Waals surface area (Å²) in [5, 5.41) is 0. The van der Waals surface area contributed by atoms with E-state index in [2.05, 4.69) is 107 Å². The van der Waals surface area contributed by atoms with Crippen LogP contribution in [-0.4, -0.2) is 53.7 Å². The number of quaternary nitrogens is 1. The van der Waals surface area contributed by atoms with Crippen LogP contribution in [0.15, 0.2) is 105 Å². The third kappa shape index (κ3) is 8.09. The van der Waals surface area contributed by atoms with Crippen LogP contribution in [0.25, 0.3) is 0 Å². The quantitative estimate of drug-likeness (QED) is 0.194. The van der Waals surface area contributed by atoms with Crippen molar-refractivity contribution in [3.63, 3.8) is 0 Å². The van der Waals surface area contributed by atoms with E-state index in [9.17, 15) is 0 Å². The molecule has 5 heterocycles. The lowest BCUT2D eigenvalue weighted by Crippen LogP contribution is -3.00. The van der Waals surface area contributed by atoms with E-state index in [0.717, 1.165) is 17.6 Å². The molecule has 0 amide bonds. The van der Waals surface area contributed by atoms with Crippen LogP contribution in [0.3, 0.4) is 0 Å². The van der Waals surface area contributed by atoms with E-state index < -0.39 is 0 Å². The topological polar surface area (TPSA) is 32.3 Å². The van der Waals surface area contributed by atoms with Gasteiger partial charge in [0.15, 0.2) is 0 Å². The van der Waals surface area contributed by atoms with Crippen LogP contribution in [0.1, 0.15) is 77.0 Å². The first-order valence-electron chi connectivity index (χ1n) is 17.9. The molecule has 0 spiro atoms. The average molecular weight is 745 g/mol. The minimum Gasteiger partial charge on any atom is -1.00 e. The van der Waals surface area contributed by atoms with Crippen molar-refractivity contribution in [2.75, 3.05) is 37.0 Å². The summed E-state index contributed by atoms with van der Waals surface area (Å²) < 4.78 is 0.956. The Morgan fingerprint density at radius 3 is 1.33 bits per heavy atom. The van der Waals surface area contributed by atoms with Crippen molar-refractivity contribution in [1.29, 1.82) is 0 Å². The molecule has 1 fully saturated rings. The van der Waals surface area contributed by atoms with Crippen molar-refractivity contribution < 1.29 is 21.5 Å². The Hall–Kier alpha value is -2.52. The highest BCUT2D eigenvalue weighted by molar-refractivity contribution is 8.00. The molecule has 8 heteroatoms. The second kappa shape index (κ2) is 16.5. The van der Waals surface area contributed by atoms with Crippen molar-refractivity contribution in [2.24, 2.45) is 0 Å². The van der Waals surface area contributed by atoms with E-state index in [1.165, 1.54) is 119 Å². The monoisotopic (exact) mass is 743 g/mol. The summed E-state index contributed by atoms with van der Waals surface area (Å²) in [5.74, 6) is 0. The molecule has 2 unspecified atom stereocenters. The SMILES string of the molecule is C[N+]1(C)CC(N2c3ccccc3Sc3ccncc32)CCCCCCCCCCCCC(N2c3ccccc3Sc3ccncc32)C1.[Br-]. The van der Waals surface area contributed by atoms with Gasteiger partial charge in [0, 0.05) is 32.0 Å². The zero-order valence-electron chi connectivity index (χ0n) is 28.6. The average Bonchev–Trinajstić information content (AvgIpc) is 3.08. The summed E-state index contributed by atoms with van der Waals surface area (Å²) in [4.78, 5) is 20.0. The van der Waals surface area contributed by atoms with Crippen molar-refractivity contribution in [1.82, 2.24) is 9.97 Å². The van der Waals surface area contributed by atoms with Gasteiger partial charge in [-0.05, 0) is 49.2 Å². The van der Waals surface area contributed by atoms with Crippen molar-refractivity contribution >= 4 is 46.3 Å². The lowest BCUT2D eigenvalue weighted by atomic mass is 10.0. The number of halogens is 1. The Labute approximate surface area is 307 Å². The van der Waals surface area contributed by atoms with Crippen LogP contribution in [0.4, 0.5) is 22.7 Å². The van der Waals surface area contributed by atoms with Gasteiger partial charge in [-0.2, -0.15) is 0 Å². The third-order valence-electron chi connectivity index (χ3n) is 10.2. The second-order valence-electron chi connectivity index (χ2n) is 14.3. The van der Waals surface area contributed by atoms with E-state index >= 15 is 0 Å². The van der Waals surface area contributed by atoms with E-state index in [1.54, 1.807) is 0 Å². The molecule has 0 radical (unpaired) electrons. The second-order valence-corrected chi connectivity index (χ2v) is 16.5. The smallest absolute Gasteiger partial charge is 0.0994 e. The van der Waals surface area contributed by atoms with Crippen LogP contribution in [0, 0.1) is 0 Å². The molecular formula is C40H50BrN5S2. The maximum atomic E-state index is 4.65.